The molecule has 1 rings (SSSR count). The Labute approximate surface area is 123 Å². The minimum atomic E-state index is -2.10. The molecule has 0 radical (unpaired) electrons. The van der Waals surface area contributed by atoms with E-state index >= 15 is 0 Å². The van der Waals surface area contributed by atoms with Crippen molar-refractivity contribution < 1.29 is 24.9 Å². The van der Waals surface area contributed by atoms with Gasteiger partial charge in [-0.25, -0.2) is 4.79 Å². The van der Waals surface area contributed by atoms with Crippen molar-refractivity contribution in [2.24, 2.45) is 5.73 Å². The van der Waals surface area contributed by atoms with E-state index in [1.165, 1.54) is 6.07 Å². The van der Waals surface area contributed by atoms with E-state index in [-0.39, 0.29) is 17.7 Å². The molecule has 1 unspecified atom stereocenters. The summed E-state index contributed by atoms with van der Waals surface area (Å²) in [5, 5.41) is 28.4. The number of nitrogens with two attached hydrogens (primary N) is 1. The molecule has 0 heterocycles. The summed E-state index contributed by atoms with van der Waals surface area (Å²) in [6.45, 7) is 2.02. The van der Waals surface area contributed by atoms with Crippen molar-refractivity contribution in [3.8, 4) is 11.5 Å². The Kier molecular flexibility index (Phi) is 5.72. The lowest BCUT2D eigenvalue weighted by Crippen LogP contribution is -2.54. The quantitative estimate of drug-likeness (QED) is 0.252. The first-order valence-electron chi connectivity index (χ1n) is 6.92. The Morgan fingerprint density at radius 3 is 2.43 bits per heavy atom. The number of carbonyl (C=O) groups excluding carboxylic acids is 1. The average molecular weight is 295 g/mol. The van der Waals surface area contributed by atoms with Gasteiger partial charge < -0.3 is 21.1 Å². The van der Waals surface area contributed by atoms with Crippen molar-refractivity contribution >= 4 is 11.8 Å². The zero-order valence-corrected chi connectivity index (χ0v) is 12.0. The third kappa shape index (κ3) is 3.95. The molecule has 0 aliphatic heterocycles. The molecule has 0 saturated heterocycles. The van der Waals surface area contributed by atoms with Crippen LogP contribution in [0.25, 0.3) is 0 Å². The van der Waals surface area contributed by atoms with E-state index in [9.17, 15) is 24.9 Å². The summed E-state index contributed by atoms with van der Waals surface area (Å²) in [6.07, 6.45) is 3.17. The monoisotopic (exact) mass is 295 g/mol. The maximum atomic E-state index is 12.4. The smallest absolute Gasteiger partial charge is 0.331 e. The topological polar surface area (TPSA) is 121 Å². The molecule has 0 amide bonds. The van der Waals surface area contributed by atoms with Gasteiger partial charge in [0.2, 0.25) is 0 Å². The third-order valence-corrected chi connectivity index (χ3v) is 3.44. The van der Waals surface area contributed by atoms with E-state index in [1.807, 2.05) is 6.92 Å². The Balaban J connectivity index is 3.01. The van der Waals surface area contributed by atoms with Crippen molar-refractivity contribution in [2.45, 2.75) is 44.6 Å². The predicted molar refractivity (Wildman–Crippen MR) is 77.4 cm³/mol. The molecule has 5 N–H and O–H groups in total. The number of hydrogen-bond donors (Lipinski definition) is 4. The summed E-state index contributed by atoms with van der Waals surface area (Å²) in [6, 6.07) is 3.35. The molecule has 0 aliphatic carbocycles. The van der Waals surface area contributed by atoms with Gasteiger partial charge in [0.15, 0.2) is 11.3 Å². The van der Waals surface area contributed by atoms with Crippen molar-refractivity contribution in [2.75, 3.05) is 0 Å². The van der Waals surface area contributed by atoms with Crippen LogP contribution in [-0.4, -0.2) is 32.6 Å². The fourth-order valence-electron chi connectivity index (χ4n) is 2.09. The van der Waals surface area contributed by atoms with Crippen LogP contribution in [0.2, 0.25) is 0 Å². The molecule has 6 heteroatoms. The highest BCUT2D eigenvalue weighted by Crippen LogP contribution is 2.28. The highest BCUT2D eigenvalue weighted by molar-refractivity contribution is 6.17. The van der Waals surface area contributed by atoms with Gasteiger partial charge in [0.05, 0.1) is 5.56 Å². The van der Waals surface area contributed by atoms with Gasteiger partial charge in [0, 0.05) is 0 Å². The van der Waals surface area contributed by atoms with Crippen LogP contribution in [0.1, 0.15) is 49.4 Å². The van der Waals surface area contributed by atoms with Crippen LogP contribution in [0.15, 0.2) is 18.2 Å². The second kappa shape index (κ2) is 7.08. The molecule has 116 valence electrons. The van der Waals surface area contributed by atoms with Gasteiger partial charge in [-0.3, -0.25) is 4.79 Å². The second-order valence-corrected chi connectivity index (χ2v) is 5.12. The van der Waals surface area contributed by atoms with Crippen molar-refractivity contribution in [1.29, 1.82) is 0 Å². The number of carbonyl (C=O) groups is 2. The Bertz CT molecular complexity index is 529. The maximum Gasteiger partial charge on any atom is 0.331 e. The van der Waals surface area contributed by atoms with E-state index in [4.69, 9.17) is 5.73 Å². The first kappa shape index (κ1) is 17.0. The van der Waals surface area contributed by atoms with E-state index in [0.29, 0.717) is 6.42 Å². The predicted octanol–water partition coefficient (Wildman–Crippen LogP) is 2.03. The lowest BCUT2D eigenvalue weighted by molar-refractivity contribution is -0.141. The lowest BCUT2D eigenvalue weighted by Gasteiger charge is -2.23. The van der Waals surface area contributed by atoms with Gasteiger partial charge >= 0.3 is 5.97 Å². The van der Waals surface area contributed by atoms with Gasteiger partial charge in [-0.1, -0.05) is 32.6 Å². The fourth-order valence-corrected chi connectivity index (χ4v) is 2.09. The highest BCUT2D eigenvalue weighted by atomic mass is 16.4. The SMILES string of the molecule is CCCCCCC(N)(C(=O)O)C(=O)c1cc(O)ccc1O. The van der Waals surface area contributed by atoms with Crippen molar-refractivity contribution in [3.63, 3.8) is 0 Å². The molecule has 0 aromatic heterocycles. The summed E-state index contributed by atoms with van der Waals surface area (Å²) >= 11 is 0. The number of carboxylic acids is 1. The number of ketones is 1. The largest absolute Gasteiger partial charge is 0.508 e. The standard InChI is InChI=1S/C15H21NO5/c1-2-3-4-5-8-15(16,14(20)21)13(19)11-9-10(17)6-7-12(11)18/h6-7,9,17-18H,2-5,8,16H2,1H3,(H,20,21). The van der Waals surface area contributed by atoms with Crippen LogP contribution in [0.3, 0.4) is 0 Å². The van der Waals surface area contributed by atoms with E-state index in [0.717, 1.165) is 31.4 Å². The molecular weight excluding hydrogens is 274 g/mol. The number of unbranched alkanes of at least 4 members (excludes halogenated alkanes) is 3. The average Bonchev–Trinajstić information content (AvgIpc) is 2.45. The molecule has 0 bridgehead atoms. The molecule has 1 aromatic carbocycles. The number of Topliss-reactive ketones (excluding diaryl/α,β-unsaturated/α-hetero) is 1. The molecule has 0 spiro atoms. The third-order valence-electron chi connectivity index (χ3n) is 3.44. The van der Waals surface area contributed by atoms with Gasteiger partial charge in [0.1, 0.15) is 11.5 Å². The normalized spacial score (nSPS) is 13.6. The summed E-state index contributed by atoms with van der Waals surface area (Å²) in [5.41, 5.74) is 3.40. The zero-order valence-electron chi connectivity index (χ0n) is 12.0. The molecule has 21 heavy (non-hydrogen) atoms. The van der Waals surface area contributed by atoms with Crippen LogP contribution >= 0.6 is 0 Å². The first-order valence-corrected chi connectivity index (χ1v) is 6.92. The summed E-state index contributed by atoms with van der Waals surface area (Å²) in [7, 11) is 0. The number of carboxylic acid groups (broad SMARTS) is 1. The number of phenols is 2. The minimum Gasteiger partial charge on any atom is -0.508 e. The zero-order chi connectivity index (χ0) is 16.0. The van der Waals surface area contributed by atoms with E-state index < -0.39 is 23.0 Å². The number of benzene rings is 1. The van der Waals surface area contributed by atoms with Gasteiger partial charge in [0.25, 0.3) is 0 Å². The minimum absolute atomic E-state index is 0.0176. The van der Waals surface area contributed by atoms with Crippen molar-refractivity contribution in [3.05, 3.63) is 23.8 Å². The molecular formula is C15H21NO5. The maximum absolute atomic E-state index is 12.4. The fraction of sp³-hybridized carbons (Fsp3) is 0.467. The van der Waals surface area contributed by atoms with E-state index in [1.54, 1.807) is 0 Å². The Morgan fingerprint density at radius 2 is 1.86 bits per heavy atom. The van der Waals surface area contributed by atoms with Crippen molar-refractivity contribution in [1.82, 2.24) is 0 Å². The molecule has 1 atom stereocenters. The molecule has 0 aliphatic rings. The van der Waals surface area contributed by atoms with Crippen LogP contribution < -0.4 is 5.73 Å². The number of aromatic hydroxyl groups is 2. The van der Waals surface area contributed by atoms with E-state index in [2.05, 4.69) is 0 Å². The molecule has 1 aromatic rings. The number of rotatable bonds is 8. The van der Waals surface area contributed by atoms with Gasteiger partial charge in [-0.15, -0.1) is 0 Å². The van der Waals surface area contributed by atoms with Crippen LogP contribution in [0.5, 0.6) is 11.5 Å². The van der Waals surface area contributed by atoms with Crippen LogP contribution in [0.4, 0.5) is 0 Å². The summed E-state index contributed by atoms with van der Waals surface area (Å²) in [5.74, 6) is -2.98. The second-order valence-electron chi connectivity index (χ2n) is 5.12. The molecule has 6 nitrogen and oxygen atoms in total. The lowest BCUT2D eigenvalue weighted by atomic mass is 9.85. The number of aliphatic carboxylic acids is 1. The van der Waals surface area contributed by atoms with Crippen LogP contribution in [0, 0.1) is 0 Å². The van der Waals surface area contributed by atoms with Crippen LogP contribution in [-0.2, 0) is 4.79 Å². The molecule has 0 fully saturated rings. The number of phenolic OH excluding ortho intramolecular Hbond substituents is 2. The van der Waals surface area contributed by atoms with Gasteiger partial charge in [-0.2, -0.15) is 0 Å². The summed E-state index contributed by atoms with van der Waals surface area (Å²) < 4.78 is 0. The molecule has 0 saturated carbocycles. The first-order chi connectivity index (χ1) is 9.82. The summed E-state index contributed by atoms with van der Waals surface area (Å²) in [4.78, 5) is 23.8. The Hall–Kier alpha value is -2.08. The Morgan fingerprint density at radius 1 is 1.19 bits per heavy atom. The number of hydrogen-bond acceptors (Lipinski definition) is 5. The highest BCUT2D eigenvalue weighted by Gasteiger charge is 2.43. The van der Waals surface area contributed by atoms with Gasteiger partial charge in [-0.05, 0) is 24.6 Å².